The van der Waals surface area contributed by atoms with Crippen LogP contribution in [0, 0.1) is 12.8 Å². The topological polar surface area (TPSA) is 85.8 Å². The lowest BCUT2D eigenvalue weighted by Crippen LogP contribution is -2.31. The molecule has 3 aromatic rings. The van der Waals surface area contributed by atoms with Crippen molar-refractivity contribution in [3.63, 3.8) is 0 Å². The Labute approximate surface area is 145 Å². The number of piperidine rings is 1. The van der Waals surface area contributed by atoms with Gasteiger partial charge in [-0.05, 0) is 74.4 Å². The quantitative estimate of drug-likeness (QED) is 0.717. The molecule has 0 N–H and O–H groups in total. The largest absolute Gasteiger partial charge is 0.334 e. The van der Waals surface area contributed by atoms with Gasteiger partial charge in [-0.15, -0.1) is 5.10 Å². The molecule has 0 amide bonds. The molecule has 25 heavy (non-hydrogen) atoms. The summed E-state index contributed by atoms with van der Waals surface area (Å²) >= 11 is 0. The van der Waals surface area contributed by atoms with E-state index in [1.807, 2.05) is 31.2 Å². The number of rotatable bonds is 4. The molecule has 1 saturated heterocycles. The Balaban J connectivity index is 1.51. The first-order valence-corrected chi connectivity index (χ1v) is 8.56. The predicted octanol–water partition coefficient (Wildman–Crippen LogP) is 1.91. The SMILES string of the molecule is Cc1nnnn1-c1cccc(-c2nc(CC3CCN(C)CC3)no2)c1. The molecular formula is C17H21N7O. The molecule has 0 bridgehead atoms. The summed E-state index contributed by atoms with van der Waals surface area (Å²) in [7, 11) is 2.17. The standard InChI is InChI=1S/C17H21N7O/c1-12-19-21-22-24(12)15-5-3-4-14(11-15)17-18-16(20-25-17)10-13-6-8-23(2)9-7-13/h3-5,11,13H,6-10H2,1-2H3. The van der Waals surface area contributed by atoms with Crippen LogP contribution in [-0.2, 0) is 6.42 Å². The molecule has 130 valence electrons. The molecule has 4 rings (SSSR count). The first kappa shape index (κ1) is 15.9. The second-order valence-electron chi connectivity index (χ2n) is 6.65. The maximum Gasteiger partial charge on any atom is 0.257 e. The highest BCUT2D eigenvalue weighted by molar-refractivity contribution is 5.57. The van der Waals surface area contributed by atoms with Gasteiger partial charge in [0, 0.05) is 12.0 Å². The number of nitrogens with zero attached hydrogens (tertiary/aromatic N) is 7. The smallest absolute Gasteiger partial charge is 0.257 e. The zero-order chi connectivity index (χ0) is 17.2. The predicted molar refractivity (Wildman–Crippen MR) is 91.1 cm³/mol. The Morgan fingerprint density at radius 3 is 2.84 bits per heavy atom. The molecule has 0 radical (unpaired) electrons. The van der Waals surface area contributed by atoms with E-state index in [1.165, 1.54) is 12.8 Å². The van der Waals surface area contributed by atoms with Crippen molar-refractivity contribution in [2.75, 3.05) is 20.1 Å². The van der Waals surface area contributed by atoms with Gasteiger partial charge >= 0.3 is 0 Å². The number of benzene rings is 1. The van der Waals surface area contributed by atoms with E-state index in [0.717, 1.165) is 42.4 Å². The third-order valence-corrected chi connectivity index (χ3v) is 4.74. The van der Waals surface area contributed by atoms with E-state index in [9.17, 15) is 0 Å². The lowest BCUT2D eigenvalue weighted by molar-refractivity contribution is 0.216. The summed E-state index contributed by atoms with van der Waals surface area (Å²) in [5.41, 5.74) is 1.74. The molecule has 3 heterocycles. The molecule has 1 aromatic carbocycles. The maximum atomic E-state index is 5.48. The van der Waals surface area contributed by atoms with Crippen LogP contribution in [0.4, 0.5) is 0 Å². The molecule has 1 fully saturated rings. The number of aryl methyl sites for hydroxylation is 1. The number of hydrogen-bond donors (Lipinski definition) is 0. The summed E-state index contributed by atoms with van der Waals surface area (Å²) in [5, 5.41) is 15.8. The van der Waals surface area contributed by atoms with Gasteiger partial charge in [-0.2, -0.15) is 9.67 Å². The highest BCUT2D eigenvalue weighted by Crippen LogP contribution is 2.23. The van der Waals surface area contributed by atoms with E-state index in [2.05, 4.69) is 37.6 Å². The van der Waals surface area contributed by atoms with Crippen molar-refractivity contribution in [3.8, 4) is 17.1 Å². The lowest BCUT2D eigenvalue weighted by atomic mass is 9.94. The van der Waals surface area contributed by atoms with E-state index in [4.69, 9.17) is 4.52 Å². The molecule has 0 spiro atoms. The molecule has 1 aliphatic rings. The van der Waals surface area contributed by atoms with Crippen LogP contribution in [0.1, 0.15) is 24.5 Å². The first-order chi connectivity index (χ1) is 12.2. The Morgan fingerprint density at radius 2 is 2.08 bits per heavy atom. The van der Waals surface area contributed by atoms with Crippen LogP contribution in [0.15, 0.2) is 28.8 Å². The minimum atomic E-state index is 0.538. The van der Waals surface area contributed by atoms with Crippen molar-refractivity contribution < 1.29 is 4.52 Å². The lowest BCUT2D eigenvalue weighted by Gasteiger charge is -2.27. The van der Waals surface area contributed by atoms with Gasteiger partial charge in [-0.1, -0.05) is 11.2 Å². The van der Waals surface area contributed by atoms with Gasteiger partial charge in [-0.3, -0.25) is 0 Å². The van der Waals surface area contributed by atoms with Crippen LogP contribution in [0.5, 0.6) is 0 Å². The Kier molecular flexibility index (Phi) is 4.27. The summed E-state index contributed by atoms with van der Waals surface area (Å²) in [6.45, 7) is 4.14. The summed E-state index contributed by atoms with van der Waals surface area (Å²) in [5.74, 6) is 2.69. The van der Waals surface area contributed by atoms with E-state index < -0.39 is 0 Å². The van der Waals surface area contributed by atoms with Crippen LogP contribution in [0.25, 0.3) is 17.1 Å². The van der Waals surface area contributed by atoms with Gasteiger partial charge in [0.15, 0.2) is 11.6 Å². The highest BCUT2D eigenvalue weighted by Gasteiger charge is 2.20. The molecule has 8 heteroatoms. The fourth-order valence-electron chi connectivity index (χ4n) is 3.22. The monoisotopic (exact) mass is 339 g/mol. The van der Waals surface area contributed by atoms with E-state index >= 15 is 0 Å². The third-order valence-electron chi connectivity index (χ3n) is 4.74. The van der Waals surface area contributed by atoms with Crippen LogP contribution < -0.4 is 0 Å². The minimum Gasteiger partial charge on any atom is -0.334 e. The zero-order valence-electron chi connectivity index (χ0n) is 14.5. The van der Waals surface area contributed by atoms with Crippen LogP contribution in [0.3, 0.4) is 0 Å². The summed E-state index contributed by atoms with van der Waals surface area (Å²) in [6.07, 6.45) is 3.26. The molecule has 0 aliphatic carbocycles. The van der Waals surface area contributed by atoms with Gasteiger partial charge < -0.3 is 9.42 Å². The number of aromatic nitrogens is 6. The number of hydrogen-bond acceptors (Lipinski definition) is 7. The van der Waals surface area contributed by atoms with E-state index in [1.54, 1.807) is 4.68 Å². The second-order valence-corrected chi connectivity index (χ2v) is 6.65. The third kappa shape index (κ3) is 3.43. The molecule has 0 saturated carbocycles. The van der Waals surface area contributed by atoms with Gasteiger partial charge in [0.05, 0.1) is 5.69 Å². The highest BCUT2D eigenvalue weighted by atomic mass is 16.5. The maximum absolute atomic E-state index is 5.48. The van der Waals surface area contributed by atoms with Crippen molar-refractivity contribution in [2.24, 2.45) is 5.92 Å². The minimum absolute atomic E-state index is 0.538. The van der Waals surface area contributed by atoms with Gasteiger partial charge in [0.1, 0.15) is 0 Å². The molecule has 2 aromatic heterocycles. The van der Waals surface area contributed by atoms with Crippen molar-refractivity contribution in [1.29, 1.82) is 0 Å². The number of tetrazole rings is 1. The molecular weight excluding hydrogens is 318 g/mol. The van der Waals surface area contributed by atoms with E-state index in [-0.39, 0.29) is 0 Å². The van der Waals surface area contributed by atoms with Crippen molar-refractivity contribution >= 4 is 0 Å². The number of likely N-dealkylation sites (tertiary alicyclic amines) is 1. The Hall–Kier alpha value is -2.61. The average Bonchev–Trinajstić information content (AvgIpc) is 3.26. The van der Waals surface area contributed by atoms with Crippen molar-refractivity contribution in [2.45, 2.75) is 26.2 Å². The molecule has 8 nitrogen and oxygen atoms in total. The zero-order valence-corrected chi connectivity index (χ0v) is 14.5. The summed E-state index contributed by atoms with van der Waals surface area (Å²) in [4.78, 5) is 6.95. The Morgan fingerprint density at radius 1 is 1.24 bits per heavy atom. The normalized spacial score (nSPS) is 16.4. The van der Waals surface area contributed by atoms with Crippen LogP contribution in [-0.4, -0.2) is 55.4 Å². The second kappa shape index (κ2) is 6.72. The fraction of sp³-hybridized carbons (Fsp3) is 0.471. The molecule has 0 atom stereocenters. The summed E-state index contributed by atoms with van der Waals surface area (Å²) < 4.78 is 7.16. The first-order valence-electron chi connectivity index (χ1n) is 8.56. The van der Waals surface area contributed by atoms with E-state index in [0.29, 0.717) is 11.8 Å². The summed E-state index contributed by atoms with van der Waals surface area (Å²) in [6, 6.07) is 7.79. The van der Waals surface area contributed by atoms with Crippen molar-refractivity contribution in [3.05, 3.63) is 35.9 Å². The average molecular weight is 339 g/mol. The molecule has 1 aliphatic heterocycles. The van der Waals surface area contributed by atoms with Gasteiger partial charge in [-0.25, -0.2) is 0 Å². The van der Waals surface area contributed by atoms with Gasteiger partial charge in [0.2, 0.25) is 0 Å². The Bertz CT molecular complexity index is 848. The molecule has 0 unspecified atom stereocenters. The fourth-order valence-corrected chi connectivity index (χ4v) is 3.22. The van der Waals surface area contributed by atoms with Crippen LogP contribution >= 0.6 is 0 Å². The van der Waals surface area contributed by atoms with Crippen LogP contribution in [0.2, 0.25) is 0 Å². The van der Waals surface area contributed by atoms with Crippen molar-refractivity contribution in [1.82, 2.24) is 35.2 Å². The van der Waals surface area contributed by atoms with Gasteiger partial charge in [0.25, 0.3) is 5.89 Å².